The molecule has 8 nitrogen and oxygen atoms in total. The van der Waals surface area contributed by atoms with Gasteiger partial charge in [0.05, 0.1) is 31.3 Å². The maximum Gasteiger partial charge on any atom is 0.267 e. The molecule has 1 aliphatic rings. The van der Waals surface area contributed by atoms with Gasteiger partial charge >= 0.3 is 0 Å². The van der Waals surface area contributed by atoms with Crippen molar-refractivity contribution >= 4 is 27.3 Å². The highest BCUT2D eigenvalue weighted by molar-refractivity contribution is 7.92. The molecule has 0 saturated heterocycles. The van der Waals surface area contributed by atoms with E-state index in [0.717, 1.165) is 0 Å². The van der Waals surface area contributed by atoms with Crippen molar-refractivity contribution in [2.75, 3.05) is 30.4 Å². The summed E-state index contributed by atoms with van der Waals surface area (Å²) in [7, 11) is -0.885. The molecule has 0 aromatic heterocycles. The lowest BCUT2D eigenvalue weighted by Crippen LogP contribution is -2.48. The van der Waals surface area contributed by atoms with Crippen molar-refractivity contribution in [3.8, 4) is 17.2 Å². The average molecular weight is 455 g/mol. The smallest absolute Gasteiger partial charge is 0.267 e. The molecule has 32 heavy (non-hydrogen) atoms. The Morgan fingerprint density at radius 3 is 2.16 bits per heavy atom. The molecule has 0 saturated carbocycles. The van der Waals surface area contributed by atoms with Crippen molar-refractivity contribution in [3.05, 3.63) is 72.8 Å². The van der Waals surface area contributed by atoms with Gasteiger partial charge in [-0.2, -0.15) is 0 Å². The predicted molar refractivity (Wildman–Crippen MR) is 120 cm³/mol. The van der Waals surface area contributed by atoms with Crippen LogP contribution in [-0.4, -0.2) is 41.2 Å². The minimum atomic E-state index is -3.95. The highest BCUT2D eigenvalue weighted by atomic mass is 32.2. The number of anilines is 2. The molecule has 1 N–H and O–H groups in total. The molecule has 0 fully saturated rings. The maximum atomic E-state index is 13.4. The Hall–Kier alpha value is -3.72. The van der Waals surface area contributed by atoms with E-state index in [1.165, 1.54) is 23.5 Å². The number of para-hydroxylation sites is 2. The number of carbonyl (C=O) groups excluding carboxylic acids is 1. The number of nitrogens with zero attached hydrogens (tertiary/aromatic N) is 1. The number of hydrogen-bond donors (Lipinski definition) is 1. The lowest BCUT2D eigenvalue weighted by molar-refractivity contribution is -0.122. The van der Waals surface area contributed by atoms with Gasteiger partial charge in [0.1, 0.15) is 17.2 Å². The van der Waals surface area contributed by atoms with E-state index in [0.29, 0.717) is 28.6 Å². The fourth-order valence-electron chi connectivity index (χ4n) is 3.34. The van der Waals surface area contributed by atoms with Crippen molar-refractivity contribution in [1.82, 2.24) is 0 Å². The Morgan fingerprint density at radius 2 is 1.53 bits per heavy atom. The van der Waals surface area contributed by atoms with Gasteiger partial charge in [-0.3, -0.25) is 9.10 Å². The second-order valence-corrected chi connectivity index (χ2v) is 8.87. The maximum absolute atomic E-state index is 13.4. The molecule has 0 spiro atoms. The molecule has 3 aromatic rings. The summed E-state index contributed by atoms with van der Waals surface area (Å²) in [6, 6.07) is 19.6. The molecule has 1 amide bonds. The lowest BCUT2D eigenvalue weighted by atomic mass is 10.2. The molecule has 0 bridgehead atoms. The first-order chi connectivity index (χ1) is 15.4. The number of methoxy groups -OCH3 is 2. The van der Waals surface area contributed by atoms with Crippen LogP contribution >= 0.6 is 0 Å². The van der Waals surface area contributed by atoms with E-state index < -0.39 is 22.0 Å². The van der Waals surface area contributed by atoms with E-state index in [2.05, 4.69) is 5.32 Å². The summed E-state index contributed by atoms with van der Waals surface area (Å²) in [5.74, 6) is 1.05. The first-order valence-electron chi connectivity index (χ1n) is 9.80. The van der Waals surface area contributed by atoms with E-state index in [1.807, 2.05) is 0 Å². The highest BCUT2D eigenvalue weighted by Gasteiger charge is 2.37. The number of rotatable bonds is 6. The van der Waals surface area contributed by atoms with Crippen LogP contribution in [0.15, 0.2) is 77.7 Å². The van der Waals surface area contributed by atoms with Crippen LogP contribution < -0.4 is 23.8 Å². The first kappa shape index (κ1) is 21.5. The predicted octanol–water partition coefficient (Wildman–Crippen LogP) is 3.30. The van der Waals surface area contributed by atoms with E-state index in [1.54, 1.807) is 67.8 Å². The largest absolute Gasteiger partial charge is 0.497 e. The molecule has 166 valence electrons. The molecular formula is C23H22N2O6S. The molecule has 0 radical (unpaired) electrons. The summed E-state index contributed by atoms with van der Waals surface area (Å²) in [4.78, 5) is 13.0. The van der Waals surface area contributed by atoms with Crippen molar-refractivity contribution in [3.63, 3.8) is 0 Å². The van der Waals surface area contributed by atoms with E-state index in [-0.39, 0.29) is 11.4 Å². The van der Waals surface area contributed by atoms with Gasteiger partial charge in [0.15, 0.2) is 6.10 Å². The van der Waals surface area contributed by atoms with Gasteiger partial charge in [-0.25, -0.2) is 8.42 Å². The third-order valence-electron chi connectivity index (χ3n) is 5.03. The molecule has 9 heteroatoms. The molecule has 1 atom stereocenters. The Kier molecular flexibility index (Phi) is 5.91. The summed E-state index contributed by atoms with van der Waals surface area (Å²) < 4.78 is 44.1. The Bertz CT molecular complexity index is 1210. The number of benzene rings is 3. The van der Waals surface area contributed by atoms with Gasteiger partial charge in [0.2, 0.25) is 0 Å². The molecule has 4 rings (SSSR count). The molecule has 1 unspecified atom stereocenters. The molecule has 0 aliphatic carbocycles. The molecule has 1 heterocycles. The SMILES string of the molecule is COc1ccc(NC(=O)C2CN(S(=O)(=O)c3ccc(OC)cc3)c3ccccc3O2)cc1. The van der Waals surface area contributed by atoms with Gasteiger partial charge in [-0.05, 0) is 60.7 Å². The number of nitrogens with one attached hydrogen (secondary N) is 1. The Balaban J connectivity index is 1.62. The van der Waals surface area contributed by atoms with Crippen LogP contribution in [0.4, 0.5) is 11.4 Å². The monoisotopic (exact) mass is 454 g/mol. The van der Waals surface area contributed by atoms with Crippen molar-refractivity contribution < 1.29 is 27.4 Å². The van der Waals surface area contributed by atoms with Gasteiger partial charge in [0.25, 0.3) is 15.9 Å². The van der Waals surface area contributed by atoms with E-state index in [9.17, 15) is 13.2 Å². The lowest BCUT2D eigenvalue weighted by Gasteiger charge is -2.34. The second kappa shape index (κ2) is 8.80. The zero-order valence-electron chi connectivity index (χ0n) is 17.5. The van der Waals surface area contributed by atoms with Crippen LogP contribution in [0.25, 0.3) is 0 Å². The second-order valence-electron chi connectivity index (χ2n) is 7.00. The normalized spacial score (nSPS) is 15.3. The van der Waals surface area contributed by atoms with Crippen LogP contribution in [0.2, 0.25) is 0 Å². The Morgan fingerprint density at radius 1 is 0.938 bits per heavy atom. The van der Waals surface area contributed by atoms with E-state index >= 15 is 0 Å². The van der Waals surface area contributed by atoms with Crippen molar-refractivity contribution in [2.45, 2.75) is 11.0 Å². The summed E-state index contributed by atoms with van der Waals surface area (Å²) in [5.41, 5.74) is 0.916. The molecular weight excluding hydrogens is 432 g/mol. The van der Waals surface area contributed by atoms with Crippen LogP contribution in [0.3, 0.4) is 0 Å². The third-order valence-corrected chi connectivity index (χ3v) is 6.83. The quantitative estimate of drug-likeness (QED) is 0.614. The van der Waals surface area contributed by atoms with Gasteiger partial charge in [-0.1, -0.05) is 12.1 Å². The van der Waals surface area contributed by atoms with Crippen LogP contribution in [0, 0.1) is 0 Å². The summed E-state index contributed by atoms with van der Waals surface area (Å²) in [5, 5.41) is 2.76. The third kappa shape index (κ3) is 4.19. The fourth-order valence-corrected chi connectivity index (χ4v) is 4.81. The van der Waals surface area contributed by atoms with Gasteiger partial charge < -0.3 is 19.5 Å². The van der Waals surface area contributed by atoms with Gasteiger partial charge in [-0.15, -0.1) is 0 Å². The van der Waals surface area contributed by atoms with Crippen molar-refractivity contribution in [1.29, 1.82) is 0 Å². The summed E-state index contributed by atoms with van der Waals surface area (Å²) in [6.07, 6.45) is -1.04. The fraction of sp³-hybridized carbons (Fsp3) is 0.174. The van der Waals surface area contributed by atoms with Crippen LogP contribution in [-0.2, 0) is 14.8 Å². The molecule has 3 aromatic carbocycles. The highest BCUT2D eigenvalue weighted by Crippen LogP contribution is 2.37. The van der Waals surface area contributed by atoms with Gasteiger partial charge in [0, 0.05) is 5.69 Å². The zero-order chi connectivity index (χ0) is 22.7. The number of amides is 1. The zero-order valence-corrected chi connectivity index (χ0v) is 18.3. The average Bonchev–Trinajstić information content (AvgIpc) is 2.83. The van der Waals surface area contributed by atoms with Crippen LogP contribution in [0.1, 0.15) is 0 Å². The summed E-state index contributed by atoms with van der Waals surface area (Å²) >= 11 is 0. The topological polar surface area (TPSA) is 94.2 Å². The summed E-state index contributed by atoms with van der Waals surface area (Å²) in [6.45, 7) is -0.173. The number of ether oxygens (including phenoxy) is 3. The molecule has 1 aliphatic heterocycles. The Labute approximate surface area is 186 Å². The number of hydrogen-bond acceptors (Lipinski definition) is 6. The minimum absolute atomic E-state index is 0.0873. The number of sulfonamides is 1. The standard InChI is InChI=1S/C23H22N2O6S/c1-29-17-9-7-16(8-10-17)24-23(26)22-15-25(20-5-3-4-6-21(20)31-22)32(27,28)19-13-11-18(30-2)12-14-19/h3-14,22H,15H2,1-2H3,(H,24,26). The van der Waals surface area contributed by atoms with Crippen LogP contribution in [0.5, 0.6) is 17.2 Å². The van der Waals surface area contributed by atoms with Crippen molar-refractivity contribution in [2.24, 2.45) is 0 Å². The number of carbonyl (C=O) groups is 1. The first-order valence-corrected chi connectivity index (χ1v) is 11.2. The number of fused-ring (bicyclic) bond motifs is 1. The minimum Gasteiger partial charge on any atom is -0.497 e. The van der Waals surface area contributed by atoms with E-state index in [4.69, 9.17) is 14.2 Å².